The number of rotatable bonds is 5. The molecule has 0 aromatic heterocycles. The maximum atomic E-state index is 13.2. The van der Waals surface area contributed by atoms with E-state index in [2.05, 4.69) is 0 Å². The molecule has 0 saturated heterocycles. The van der Waals surface area contributed by atoms with E-state index in [1.165, 1.54) is 53.0 Å². The van der Waals surface area contributed by atoms with Gasteiger partial charge in [0.15, 0.2) is 12.2 Å². The lowest BCUT2D eigenvalue weighted by atomic mass is 10.00. The number of ether oxygens (including phenoxy) is 6. The quantitative estimate of drug-likeness (QED) is 0.239. The molecular formula is C27H32O11. The summed E-state index contributed by atoms with van der Waals surface area (Å²) >= 11 is 0. The molecule has 0 bridgehead atoms. The van der Waals surface area contributed by atoms with Gasteiger partial charge in [-0.3, -0.25) is 19.2 Å². The Hall–Kier alpha value is -4.15. The Morgan fingerprint density at radius 1 is 0.868 bits per heavy atom. The third kappa shape index (κ3) is 9.06. The van der Waals surface area contributed by atoms with E-state index in [0.29, 0.717) is 11.3 Å². The van der Waals surface area contributed by atoms with Crippen LogP contribution in [0.4, 0.5) is 0 Å². The van der Waals surface area contributed by atoms with Crippen LogP contribution in [0.3, 0.4) is 0 Å². The van der Waals surface area contributed by atoms with Gasteiger partial charge in [-0.15, -0.1) is 0 Å². The van der Waals surface area contributed by atoms with Gasteiger partial charge in [-0.1, -0.05) is 18.2 Å². The first kappa shape index (κ1) is 30.1. The second-order valence-corrected chi connectivity index (χ2v) is 8.50. The Bertz CT molecular complexity index is 1120. The summed E-state index contributed by atoms with van der Waals surface area (Å²) in [6.45, 7) is 6.41. The van der Waals surface area contributed by atoms with Crippen LogP contribution in [0.5, 0.6) is 11.5 Å². The van der Waals surface area contributed by atoms with Gasteiger partial charge in [0, 0.05) is 46.6 Å². The van der Waals surface area contributed by atoms with Crippen molar-refractivity contribution in [1.29, 1.82) is 0 Å². The maximum Gasteiger partial charge on any atom is 0.342 e. The highest BCUT2D eigenvalue weighted by Crippen LogP contribution is 2.32. The first-order valence-electron chi connectivity index (χ1n) is 11.9. The van der Waals surface area contributed by atoms with Gasteiger partial charge in [-0.05, 0) is 24.6 Å². The van der Waals surface area contributed by atoms with Crippen LogP contribution in [-0.2, 0) is 38.1 Å². The second kappa shape index (κ2) is 14.0. The molecule has 0 amide bonds. The first-order valence-corrected chi connectivity index (χ1v) is 11.9. The molecule has 1 heterocycles. The normalized spacial score (nSPS) is 23.4. The largest absolute Gasteiger partial charge is 0.497 e. The van der Waals surface area contributed by atoms with E-state index in [1.54, 1.807) is 25.1 Å². The van der Waals surface area contributed by atoms with Crippen LogP contribution in [0.15, 0.2) is 30.4 Å². The minimum atomic E-state index is -1.18. The van der Waals surface area contributed by atoms with E-state index >= 15 is 0 Å². The molecule has 11 nitrogen and oxygen atoms in total. The maximum absolute atomic E-state index is 13.2. The zero-order valence-corrected chi connectivity index (χ0v) is 22.2. The summed E-state index contributed by atoms with van der Waals surface area (Å²) in [5.74, 6) is -3.11. The van der Waals surface area contributed by atoms with Crippen molar-refractivity contribution in [2.24, 2.45) is 0 Å². The van der Waals surface area contributed by atoms with Gasteiger partial charge in [-0.25, -0.2) is 4.79 Å². The molecule has 0 N–H and O–H groups in total. The molecule has 4 atom stereocenters. The average Bonchev–Trinajstić information content (AvgIpc) is 2.79. The van der Waals surface area contributed by atoms with Crippen LogP contribution in [0.25, 0.3) is 6.08 Å². The predicted octanol–water partition coefficient (Wildman–Crippen LogP) is 3.32. The Morgan fingerprint density at radius 2 is 1.53 bits per heavy atom. The summed E-state index contributed by atoms with van der Waals surface area (Å²) < 4.78 is 32.4. The molecular weight excluding hydrogens is 500 g/mol. The van der Waals surface area contributed by atoms with E-state index in [4.69, 9.17) is 28.4 Å². The van der Waals surface area contributed by atoms with Crippen molar-refractivity contribution >= 4 is 35.9 Å². The number of fused-ring (bicyclic) bond motifs is 1. The molecule has 38 heavy (non-hydrogen) atoms. The van der Waals surface area contributed by atoms with Gasteiger partial charge in [0.25, 0.3) is 0 Å². The molecule has 0 radical (unpaired) electrons. The smallest absolute Gasteiger partial charge is 0.342 e. The van der Waals surface area contributed by atoms with Crippen molar-refractivity contribution in [2.75, 3.05) is 7.11 Å². The van der Waals surface area contributed by atoms with Gasteiger partial charge in [-0.2, -0.15) is 0 Å². The number of benzene rings is 1. The van der Waals surface area contributed by atoms with E-state index in [9.17, 15) is 24.0 Å². The van der Waals surface area contributed by atoms with Gasteiger partial charge in [0.05, 0.1) is 7.11 Å². The molecule has 1 aromatic carbocycles. The average molecular weight is 533 g/mol. The van der Waals surface area contributed by atoms with Gasteiger partial charge in [0.2, 0.25) is 0 Å². The molecule has 0 fully saturated rings. The molecule has 1 aliphatic rings. The SMILES string of the molecule is COc1cc2c(c(OC(C)=O)c1)C(=O)O[C@@H](C)C/C=C/[C@H](OC(C)=O)[C@@H](OC(C)=O)[C@@H](OC(C)=O)C/C=C/2. The fourth-order valence-corrected chi connectivity index (χ4v) is 3.75. The Balaban J connectivity index is 2.69. The summed E-state index contributed by atoms with van der Waals surface area (Å²) in [6, 6.07) is 2.94. The molecule has 1 aliphatic heterocycles. The van der Waals surface area contributed by atoms with Gasteiger partial charge in [0.1, 0.15) is 29.3 Å². The van der Waals surface area contributed by atoms with E-state index < -0.39 is 54.3 Å². The van der Waals surface area contributed by atoms with Crippen LogP contribution >= 0.6 is 0 Å². The minimum Gasteiger partial charge on any atom is -0.497 e. The van der Waals surface area contributed by atoms with Gasteiger partial charge < -0.3 is 28.4 Å². The van der Waals surface area contributed by atoms with Crippen molar-refractivity contribution in [3.8, 4) is 11.5 Å². The van der Waals surface area contributed by atoms with Gasteiger partial charge >= 0.3 is 29.8 Å². The number of cyclic esters (lactones) is 1. The lowest BCUT2D eigenvalue weighted by Gasteiger charge is -2.30. The molecule has 1 aromatic rings. The highest BCUT2D eigenvalue weighted by molar-refractivity contribution is 5.98. The summed E-state index contributed by atoms with van der Waals surface area (Å²) in [4.78, 5) is 60.6. The molecule has 0 aliphatic carbocycles. The van der Waals surface area contributed by atoms with E-state index in [1.807, 2.05) is 0 Å². The lowest BCUT2D eigenvalue weighted by molar-refractivity contribution is -0.178. The fraction of sp³-hybridized carbons (Fsp3) is 0.444. The van der Waals surface area contributed by atoms with Crippen LogP contribution in [0.2, 0.25) is 0 Å². The lowest BCUT2D eigenvalue weighted by Crippen LogP contribution is -2.44. The van der Waals surface area contributed by atoms with Crippen molar-refractivity contribution in [3.63, 3.8) is 0 Å². The van der Waals surface area contributed by atoms with Crippen LogP contribution in [0, 0.1) is 0 Å². The first-order chi connectivity index (χ1) is 17.9. The Morgan fingerprint density at radius 3 is 2.11 bits per heavy atom. The molecule has 0 unspecified atom stereocenters. The number of methoxy groups -OCH3 is 1. The third-order valence-electron chi connectivity index (χ3n) is 5.18. The minimum absolute atomic E-state index is 0.00582. The van der Waals surface area contributed by atoms with Crippen LogP contribution in [0.1, 0.15) is 63.4 Å². The number of hydrogen-bond donors (Lipinski definition) is 0. The van der Waals surface area contributed by atoms with Crippen LogP contribution in [-0.4, -0.2) is 61.4 Å². The summed E-state index contributed by atoms with van der Waals surface area (Å²) in [7, 11) is 1.41. The monoisotopic (exact) mass is 532 g/mol. The zero-order chi connectivity index (χ0) is 28.4. The summed E-state index contributed by atoms with van der Waals surface area (Å²) in [6.07, 6.45) is 2.37. The van der Waals surface area contributed by atoms with Crippen molar-refractivity contribution < 1.29 is 52.4 Å². The number of hydrogen-bond acceptors (Lipinski definition) is 11. The topological polar surface area (TPSA) is 141 Å². The standard InChI is InChI=1S/C27H32O11/c1-15-9-7-11-22(35-16(2)28)26(38-19(5)31)23(36-17(3)29)12-8-10-20-13-21(33-6)14-24(37-18(4)30)25(20)27(32)34-15/h7-8,10-11,13-15,22-23,26H,9,12H2,1-6H3/b10-8+,11-7+/t15-,22-,23-,26+/m0/s1. The summed E-state index contributed by atoms with van der Waals surface area (Å²) in [5, 5.41) is 0. The Labute approximate surface area is 220 Å². The van der Waals surface area contributed by atoms with Crippen molar-refractivity contribution in [2.45, 2.75) is 71.9 Å². The highest BCUT2D eigenvalue weighted by atomic mass is 16.6. The molecule has 2 rings (SSSR count). The molecule has 0 spiro atoms. The highest BCUT2D eigenvalue weighted by Gasteiger charge is 2.35. The van der Waals surface area contributed by atoms with Crippen molar-refractivity contribution in [3.05, 3.63) is 41.5 Å². The number of esters is 5. The molecule has 11 heteroatoms. The molecule has 0 saturated carbocycles. The van der Waals surface area contributed by atoms with E-state index in [0.717, 1.165) is 0 Å². The number of carbonyl (C=O) groups excluding carboxylic acids is 5. The zero-order valence-electron chi connectivity index (χ0n) is 22.2. The Kier molecular flexibility index (Phi) is 11.1. The second-order valence-electron chi connectivity index (χ2n) is 8.50. The third-order valence-corrected chi connectivity index (χ3v) is 5.18. The van der Waals surface area contributed by atoms with Crippen LogP contribution < -0.4 is 9.47 Å². The predicted molar refractivity (Wildman–Crippen MR) is 133 cm³/mol. The number of carbonyl (C=O) groups is 5. The fourth-order valence-electron chi connectivity index (χ4n) is 3.75. The molecule has 206 valence electrons. The van der Waals surface area contributed by atoms with Crippen molar-refractivity contribution in [1.82, 2.24) is 0 Å². The summed E-state index contributed by atoms with van der Waals surface area (Å²) in [5.41, 5.74) is 0.288. The van der Waals surface area contributed by atoms with E-state index in [-0.39, 0.29) is 24.2 Å².